The fraction of sp³-hybridized carbons (Fsp3) is 1.00. The van der Waals surface area contributed by atoms with Gasteiger partial charge in [-0.05, 0) is 38.8 Å². The van der Waals surface area contributed by atoms with Gasteiger partial charge in [0.15, 0.2) is 0 Å². The Morgan fingerprint density at radius 1 is 1.20 bits per heavy atom. The number of rotatable bonds is 3. The molecule has 0 aromatic heterocycles. The van der Waals surface area contributed by atoms with E-state index in [1.807, 2.05) is 0 Å². The molecule has 1 aliphatic rings. The fourth-order valence-corrected chi connectivity index (χ4v) is 2.00. The standard InChI is InChI=1S/C9H19N/c1-7(2)9(10(3)4)8-5-6-8/h7-9H,5-6H2,1-4H3. The van der Waals surface area contributed by atoms with Gasteiger partial charge in [0.05, 0.1) is 0 Å². The zero-order chi connectivity index (χ0) is 7.72. The Morgan fingerprint density at radius 2 is 1.70 bits per heavy atom. The average molecular weight is 141 g/mol. The number of hydrogen-bond donors (Lipinski definition) is 0. The van der Waals surface area contributed by atoms with Crippen LogP contribution in [-0.4, -0.2) is 25.0 Å². The maximum atomic E-state index is 2.38. The zero-order valence-corrected chi connectivity index (χ0v) is 7.59. The SMILES string of the molecule is CC(C)C(C1CC1)N(C)C. The van der Waals surface area contributed by atoms with Gasteiger partial charge in [0.25, 0.3) is 0 Å². The van der Waals surface area contributed by atoms with Crippen molar-refractivity contribution in [2.45, 2.75) is 32.7 Å². The van der Waals surface area contributed by atoms with Crippen molar-refractivity contribution in [2.75, 3.05) is 14.1 Å². The average Bonchev–Trinajstić information content (AvgIpc) is 2.46. The summed E-state index contributed by atoms with van der Waals surface area (Å²) in [7, 11) is 4.39. The van der Waals surface area contributed by atoms with Crippen molar-refractivity contribution in [3.8, 4) is 0 Å². The molecule has 1 saturated carbocycles. The number of hydrogen-bond acceptors (Lipinski definition) is 1. The third-order valence-corrected chi connectivity index (χ3v) is 2.38. The monoisotopic (exact) mass is 141 g/mol. The second-order valence-electron chi connectivity index (χ2n) is 4.04. The second kappa shape index (κ2) is 2.91. The Kier molecular flexibility index (Phi) is 2.35. The first-order valence-electron chi connectivity index (χ1n) is 4.29. The van der Waals surface area contributed by atoms with Gasteiger partial charge in [0, 0.05) is 6.04 Å². The molecule has 1 rings (SSSR count). The Hall–Kier alpha value is -0.0400. The predicted molar refractivity (Wildman–Crippen MR) is 45.0 cm³/mol. The van der Waals surface area contributed by atoms with Crippen molar-refractivity contribution < 1.29 is 0 Å². The molecule has 1 atom stereocenters. The lowest BCUT2D eigenvalue weighted by Gasteiger charge is -2.27. The van der Waals surface area contributed by atoms with Crippen molar-refractivity contribution in [2.24, 2.45) is 11.8 Å². The van der Waals surface area contributed by atoms with E-state index >= 15 is 0 Å². The highest BCUT2D eigenvalue weighted by atomic mass is 15.1. The number of nitrogens with zero attached hydrogens (tertiary/aromatic N) is 1. The van der Waals surface area contributed by atoms with E-state index in [1.54, 1.807) is 0 Å². The minimum absolute atomic E-state index is 0.822. The molecule has 1 fully saturated rings. The van der Waals surface area contributed by atoms with E-state index in [0.29, 0.717) is 0 Å². The molecule has 0 aromatic carbocycles. The van der Waals surface area contributed by atoms with Gasteiger partial charge >= 0.3 is 0 Å². The molecule has 0 N–H and O–H groups in total. The predicted octanol–water partition coefficient (Wildman–Crippen LogP) is 1.98. The molecule has 1 heteroatoms. The maximum absolute atomic E-state index is 2.38. The molecule has 1 unspecified atom stereocenters. The summed E-state index contributed by atoms with van der Waals surface area (Å²) in [6.07, 6.45) is 2.92. The largest absolute Gasteiger partial charge is 0.306 e. The van der Waals surface area contributed by atoms with Gasteiger partial charge in [0.2, 0.25) is 0 Å². The van der Waals surface area contributed by atoms with Gasteiger partial charge in [-0.3, -0.25) is 0 Å². The van der Waals surface area contributed by atoms with Crippen molar-refractivity contribution in [1.82, 2.24) is 4.90 Å². The molecule has 0 bridgehead atoms. The molecule has 60 valence electrons. The first-order valence-corrected chi connectivity index (χ1v) is 4.29. The van der Waals surface area contributed by atoms with E-state index in [9.17, 15) is 0 Å². The smallest absolute Gasteiger partial charge is 0.0140 e. The maximum Gasteiger partial charge on any atom is 0.0140 e. The summed E-state index contributed by atoms with van der Waals surface area (Å²) in [6.45, 7) is 4.64. The quantitative estimate of drug-likeness (QED) is 0.581. The summed E-state index contributed by atoms with van der Waals surface area (Å²) in [5.74, 6) is 1.83. The van der Waals surface area contributed by atoms with Crippen LogP contribution in [0, 0.1) is 11.8 Å². The van der Waals surface area contributed by atoms with Crippen LogP contribution >= 0.6 is 0 Å². The van der Waals surface area contributed by atoms with Crippen LogP contribution in [0.5, 0.6) is 0 Å². The van der Waals surface area contributed by atoms with Crippen LogP contribution in [0.1, 0.15) is 26.7 Å². The molecular weight excluding hydrogens is 122 g/mol. The van der Waals surface area contributed by atoms with Crippen LogP contribution < -0.4 is 0 Å². The topological polar surface area (TPSA) is 3.24 Å². The summed E-state index contributed by atoms with van der Waals surface area (Å²) in [5, 5.41) is 0. The van der Waals surface area contributed by atoms with Gasteiger partial charge < -0.3 is 4.90 Å². The van der Waals surface area contributed by atoms with Crippen LogP contribution in [0.15, 0.2) is 0 Å². The molecule has 0 saturated heterocycles. The van der Waals surface area contributed by atoms with Gasteiger partial charge in [0.1, 0.15) is 0 Å². The van der Waals surface area contributed by atoms with Gasteiger partial charge in [-0.25, -0.2) is 0 Å². The van der Waals surface area contributed by atoms with Crippen molar-refractivity contribution in [1.29, 1.82) is 0 Å². The summed E-state index contributed by atoms with van der Waals surface area (Å²) in [6, 6.07) is 0.833. The van der Waals surface area contributed by atoms with E-state index in [1.165, 1.54) is 12.8 Å². The highest BCUT2D eigenvalue weighted by Gasteiger charge is 2.34. The summed E-state index contributed by atoms with van der Waals surface area (Å²) < 4.78 is 0. The lowest BCUT2D eigenvalue weighted by Crippen LogP contribution is -2.34. The fourth-order valence-electron chi connectivity index (χ4n) is 2.00. The highest BCUT2D eigenvalue weighted by molar-refractivity contribution is 4.87. The van der Waals surface area contributed by atoms with Crippen LogP contribution in [0.25, 0.3) is 0 Å². The molecule has 1 aliphatic carbocycles. The Bertz CT molecular complexity index is 92.5. The summed E-state index contributed by atoms with van der Waals surface area (Å²) >= 11 is 0. The molecule has 0 aromatic rings. The zero-order valence-electron chi connectivity index (χ0n) is 7.59. The van der Waals surface area contributed by atoms with Crippen molar-refractivity contribution >= 4 is 0 Å². The molecule has 0 aliphatic heterocycles. The Balaban J connectivity index is 2.41. The first kappa shape index (κ1) is 8.06. The molecule has 0 radical (unpaired) electrons. The normalized spacial score (nSPS) is 22.2. The van der Waals surface area contributed by atoms with Crippen LogP contribution in [-0.2, 0) is 0 Å². The molecule has 1 nitrogen and oxygen atoms in total. The van der Waals surface area contributed by atoms with E-state index in [0.717, 1.165) is 17.9 Å². The van der Waals surface area contributed by atoms with Gasteiger partial charge in [-0.2, -0.15) is 0 Å². The minimum Gasteiger partial charge on any atom is -0.306 e. The minimum atomic E-state index is 0.822. The third-order valence-electron chi connectivity index (χ3n) is 2.38. The summed E-state index contributed by atoms with van der Waals surface area (Å²) in [4.78, 5) is 2.38. The molecule has 10 heavy (non-hydrogen) atoms. The van der Waals surface area contributed by atoms with Crippen LogP contribution in [0.3, 0.4) is 0 Å². The van der Waals surface area contributed by atoms with E-state index < -0.39 is 0 Å². The third kappa shape index (κ3) is 1.72. The lowest BCUT2D eigenvalue weighted by molar-refractivity contribution is 0.205. The van der Waals surface area contributed by atoms with Crippen molar-refractivity contribution in [3.63, 3.8) is 0 Å². The van der Waals surface area contributed by atoms with E-state index in [4.69, 9.17) is 0 Å². The Morgan fingerprint density at radius 3 is 1.80 bits per heavy atom. The van der Waals surface area contributed by atoms with Gasteiger partial charge in [-0.15, -0.1) is 0 Å². The van der Waals surface area contributed by atoms with Crippen LogP contribution in [0.2, 0.25) is 0 Å². The van der Waals surface area contributed by atoms with Crippen LogP contribution in [0.4, 0.5) is 0 Å². The second-order valence-corrected chi connectivity index (χ2v) is 4.04. The van der Waals surface area contributed by atoms with E-state index in [2.05, 4.69) is 32.8 Å². The molecule has 0 amide bonds. The molecule has 0 spiro atoms. The molecular formula is C9H19N. The van der Waals surface area contributed by atoms with E-state index in [-0.39, 0.29) is 0 Å². The summed E-state index contributed by atoms with van der Waals surface area (Å²) in [5.41, 5.74) is 0. The first-order chi connectivity index (χ1) is 4.63. The van der Waals surface area contributed by atoms with Crippen molar-refractivity contribution in [3.05, 3.63) is 0 Å². The Labute approximate surface area is 64.4 Å². The molecule has 0 heterocycles. The highest BCUT2D eigenvalue weighted by Crippen LogP contribution is 2.37. The lowest BCUT2D eigenvalue weighted by atomic mass is 9.99. The van der Waals surface area contributed by atoms with Gasteiger partial charge in [-0.1, -0.05) is 13.8 Å².